The molecule has 3 atom stereocenters. The number of aromatic nitrogens is 4. The fourth-order valence-corrected chi connectivity index (χ4v) is 2.33. The summed E-state index contributed by atoms with van der Waals surface area (Å²) in [6.07, 6.45) is -0.0650. The van der Waals surface area contributed by atoms with Crippen LogP contribution >= 0.6 is 11.6 Å². The van der Waals surface area contributed by atoms with E-state index < -0.39 is 18.4 Å². The van der Waals surface area contributed by atoms with Crippen molar-refractivity contribution in [1.29, 1.82) is 0 Å². The van der Waals surface area contributed by atoms with Crippen LogP contribution in [0.4, 0.5) is 5.82 Å². The van der Waals surface area contributed by atoms with Gasteiger partial charge in [0.1, 0.15) is 11.9 Å². The number of hydrogen-bond donors (Lipinski definition) is 3. The van der Waals surface area contributed by atoms with Crippen molar-refractivity contribution in [3.8, 4) is 0 Å². The van der Waals surface area contributed by atoms with Gasteiger partial charge >= 0.3 is 0 Å². The number of hydrogen-bond acceptors (Lipinski definition) is 7. The zero-order chi connectivity index (χ0) is 13.6. The Kier molecular flexibility index (Phi) is 3.02. The topological polar surface area (TPSA) is 119 Å². The smallest absolute Gasteiger partial charge is 0.226 e. The normalized spacial score (nSPS) is 27.2. The Labute approximate surface area is 112 Å². The van der Waals surface area contributed by atoms with Gasteiger partial charge in [0.25, 0.3) is 0 Å². The molecule has 0 amide bonds. The number of nitrogens with zero attached hydrogens (tertiary/aromatic N) is 4. The summed E-state index contributed by atoms with van der Waals surface area (Å²) in [6, 6.07) is 0. The van der Waals surface area contributed by atoms with Crippen molar-refractivity contribution < 1.29 is 14.9 Å². The highest BCUT2D eigenvalue weighted by molar-refractivity contribution is 6.28. The lowest BCUT2D eigenvalue weighted by molar-refractivity contribution is -0.0470. The second-order valence-corrected chi connectivity index (χ2v) is 4.66. The number of ether oxygens (including phenoxy) is 1. The summed E-state index contributed by atoms with van der Waals surface area (Å²) in [5.74, 6) is 0.235. The van der Waals surface area contributed by atoms with Crippen LogP contribution in [0, 0.1) is 0 Å². The summed E-state index contributed by atoms with van der Waals surface area (Å²) in [4.78, 5) is 7.90. The number of fused-ring (bicyclic) bond motifs is 1. The van der Waals surface area contributed by atoms with Crippen molar-refractivity contribution in [2.75, 3.05) is 12.3 Å². The summed E-state index contributed by atoms with van der Waals surface area (Å²) in [5, 5.41) is 23.5. The van der Waals surface area contributed by atoms with Gasteiger partial charge in [-0.05, 0) is 11.6 Å². The molecule has 0 aromatic carbocycles. The van der Waals surface area contributed by atoms with Gasteiger partial charge in [0.2, 0.25) is 5.28 Å². The van der Waals surface area contributed by atoms with Crippen LogP contribution in [0.2, 0.25) is 5.28 Å². The number of aliphatic hydroxyl groups excluding tert-OH is 2. The molecule has 3 unspecified atom stereocenters. The van der Waals surface area contributed by atoms with Crippen molar-refractivity contribution in [3.63, 3.8) is 0 Å². The molecule has 8 nitrogen and oxygen atoms in total. The van der Waals surface area contributed by atoms with Gasteiger partial charge in [-0.1, -0.05) is 0 Å². The monoisotopic (exact) mass is 285 g/mol. The van der Waals surface area contributed by atoms with E-state index in [9.17, 15) is 5.11 Å². The fourth-order valence-electron chi connectivity index (χ4n) is 2.16. The van der Waals surface area contributed by atoms with E-state index in [-0.39, 0.29) is 17.7 Å². The first kappa shape index (κ1) is 12.5. The molecular formula is C10H12ClN5O3. The lowest BCUT2D eigenvalue weighted by Gasteiger charge is -2.12. The van der Waals surface area contributed by atoms with Gasteiger partial charge in [-0.15, -0.1) is 0 Å². The second kappa shape index (κ2) is 4.57. The lowest BCUT2D eigenvalue weighted by atomic mass is 10.2. The van der Waals surface area contributed by atoms with Gasteiger partial charge in [0.05, 0.1) is 24.3 Å². The highest BCUT2D eigenvalue weighted by Gasteiger charge is 2.35. The summed E-state index contributed by atoms with van der Waals surface area (Å²) < 4.78 is 7.00. The van der Waals surface area contributed by atoms with Gasteiger partial charge < -0.3 is 20.7 Å². The van der Waals surface area contributed by atoms with E-state index >= 15 is 0 Å². The molecule has 1 aliphatic rings. The minimum Gasteiger partial charge on any atom is -0.394 e. The number of halogens is 1. The maximum atomic E-state index is 9.73. The molecule has 1 fully saturated rings. The molecule has 0 bridgehead atoms. The van der Waals surface area contributed by atoms with Crippen LogP contribution in [0.25, 0.3) is 11.0 Å². The number of nitrogens with two attached hydrogens (primary N) is 1. The van der Waals surface area contributed by atoms with E-state index in [0.717, 1.165) is 0 Å². The van der Waals surface area contributed by atoms with E-state index in [1.54, 1.807) is 0 Å². The lowest BCUT2D eigenvalue weighted by Crippen LogP contribution is -2.24. The zero-order valence-electron chi connectivity index (χ0n) is 9.77. The average molecular weight is 286 g/mol. The fraction of sp³-hybridized carbons (Fsp3) is 0.500. The predicted molar refractivity (Wildman–Crippen MR) is 66.4 cm³/mol. The van der Waals surface area contributed by atoms with E-state index in [1.807, 2.05) is 0 Å². The SMILES string of the molecule is Nc1nc(Cl)nc2c1cnn2C1CC(O)C(CO)O1. The number of aliphatic hydroxyl groups is 2. The minimum atomic E-state index is -0.746. The average Bonchev–Trinajstić information content (AvgIpc) is 2.92. The van der Waals surface area contributed by atoms with Crippen molar-refractivity contribution in [2.45, 2.75) is 24.9 Å². The molecule has 0 spiro atoms. The maximum Gasteiger partial charge on any atom is 0.226 e. The van der Waals surface area contributed by atoms with Crippen LogP contribution in [0.1, 0.15) is 12.6 Å². The highest BCUT2D eigenvalue weighted by atomic mass is 35.5. The largest absolute Gasteiger partial charge is 0.394 e. The first-order valence-electron chi connectivity index (χ1n) is 5.70. The molecule has 3 rings (SSSR count). The van der Waals surface area contributed by atoms with Crippen LogP contribution < -0.4 is 5.73 Å². The standard InChI is InChI=1S/C10H12ClN5O3/c11-10-14-8(12)4-2-13-16(9(4)15-10)7-1-5(18)6(3-17)19-7/h2,5-7,17-18H,1,3H2,(H2,12,14,15). The molecule has 3 heterocycles. The number of rotatable bonds is 2. The Morgan fingerprint density at radius 2 is 2.32 bits per heavy atom. The highest BCUT2D eigenvalue weighted by Crippen LogP contribution is 2.31. The summed E-state index contributed by atoms with van der Waals surface area (Å²) in [6.45, 7) is -0.255. The summed E-state index contributed by atoms with van der Waals surface area (Å²) >= 11 is 5.77. The molecule has 2 aromatic heterocycles. The van der Waals surface area contributed by atoms with Crippen LogP contribution in [0.3, 0.4) is 0 Å². The third-order valence-electron chi connectivity index (χ3n) is 3.11. The van der Waals surface area contributed by atoms with Crippen LogP contribution in [0.5, 0.6) is 0 Å². The Balaban J connectivity index is 2.02. The number of nitrogen functional groups attached to an aromatic ring is 1. The van der Waals surface area contributed by atoms with Gasteiger partial charge in [-0.2, -0.15) is 10.1 Å². The van der Waals surface area contributed by atoms with Crippen molar-refractivity contribution in [2.24, 2.45) is 0 Å². The van der Waals surface area contributed by atoms with Crippen molar-refractivity contribution in [3.05, 3.63) is 11.5 Å². The van der Waals surface area contributed by atoms with Crippen LogP contribution in [0.15, 0.2) is 6.20 Å². The van der Waals surface area contributed by atoms with Crippen molar-refractivity contribution >= 4 is 28.5 Å². The van der Waals surface area contributed by atoms with Gasteiger partial charge in [0, 0.05) is 6.42 Å². The third-order valence-corrected chi connectivity index (χ3v) is 3.28. The molecule has 1 saturated heterocycles. The Morgan fingerprint density at radius 1 is 1.53 bits per heavy atom. The quantitative estimate of drug-likeness (QED) is 0.648. The first-order valence-corrected chi connectivity index (χ1v) is 6.08. The molecule has 4 N–H and O–H groups in total. The van der Waals surface area contributed by atoms with E-state index in [1.165, 1.54) is 10.9 Å². The Bertz CT molecular complexity index is 618. The number of anilines is 1. The van der Waals surface area contributed by atoms with E-state index in [0.29, 0.717) is 17.5 Å². The molecule has 0 radical (unpaired) electrons. The second-order valence-electron chi connectivity index (χ2n) is 4.32. The molecule has 0 aliphatic carbocycles. The maximum absolute atomic E-state index is 9.73. The van der Waals surface area contributed by atoms with E-state index in [2.05, 4.69) is 15.1 Å². The van der Waals surface area contributed by atoms with E-state index in [4.69, 9.17) is 27.2 Å². The predicted octanol–water partition coefficient (Wildman–Crippen LogP) is -0.297. The van der Waals surface area contributed by atoms with Gasteiger partial charge in [-0.25, -0.2) is 9.67 Å². The Hall–Kier alpha value is -1.48. The van der Waals surface area contributed by atoms with Crippen LogP contribution in [-0.2, 0) is 4.74 Å². The molecule has 2 aromatic rings. The third kappa shape index (κ3) is 2.02. The molecular weight excluding hydrogens is 274 g/mol. The molecule has 9 heteroatoms. The van der Waals surface area contributed by atoms with Crippen LogP contribution in [-0.4, -0.2) is 48.8 Å². The molecule has 0 saturated carbocycles. The molecule has 102 valence electrons. The summed E-state index contributed by atoms with van der Waals surface area (Å²) in [7, 11) is 0. The zero-order valence-corrected chi connectivity index (χ0v) is 10.5. The molecule has 1 aliphatic heterocycles. The first-order chi connectivity index (χ1) is 9.10. The van der Waals surface area contributed by atoms with Gasteiger partial charge in [0.15, 0.2) is 11.9 Å². The van der Waals surface area contributed by atoms with Crippen molar-refractivity contribution in [1.82, 2.24) is 19.7 Å². The molecule has 19 heavy (non-hydrogen) atoms. The Morgan fingerprint density at radius 3 is 3.00 bits per heavy atom. The minimum absolute atomic E-state index is 0.0176. The van der Waals surface area contributed by atoms with Gasteiger partial charge in [-0.3, -0.25) is 0 Å². The summed E-state index contributed by atoms with van der Waals surface area (Å²) in [5.41, 5.74) is 6.17.